The normalized spacial score (nSPS) is 19.5. The molecule has 0 radical (unpaired) electrons. The molecule has 0 N–H and O–H groups in total. The van der Waals surface area contributed by atoms with Gasteiger partial charge in [0.2, 0.25) is 5.91 Å². The number of thioether (sulfide) groups is 1. The molecule has 0 unspecified atom stereocenters. The lowest BCUT2D eigenvalue weighted by Gasteiger charge is -2.24. The Morgan fingerprint density at radius 2 is 1.84 bits per heavy atom. The van der Waals surface area contributed by atoms with Gasteiger partial charge in [-0.25, -0.2) is 4.79 Å². The van der Waals surface area contributed by atoms with Crippen molar-refractivity contribution in [2.75, 3.05) is 50.5 Å². The Balaban J connectivity index is 1.34. The number of nitrogens with zero attached hydrogens (tertiary/aromatic N) is 3. The van der Waals surface area contributed by atoms with Crippen molar-refractivity contribution in [3.05, 3.63) is 59.7 Å². The molecule has 0 aliphatic carbocycles. The SMILES string of the molecule is COc1ccc(N2CCN(CC(=O)N3CCS[C@H](c4ccccc4C)CC3)C2=O)cc1. The predicted octanol–water partition coefficient (Wildman–Crippen LogP) is 3.95. The molecular weight excluding hydrogens is 410 g/mol. The molecule has 2 fully saturated rings. The number of ether oxygens (including phenoxy) is 1. The smallest absolute Gasteiger partial charge is 0.325 e. The lowest BCUT2D eigenvalue weighted by molar-refractivity contribution is -0.131. The Hall–Kier alpha value is -2.67. The van der Waals surface area contributed by atoms with Crippen molar-refractivity contribution in [2.24, 2.45) is 0 Å². The highest BCUT2D eigenvalue weighted by Crippen LogP contribution is 2.36. The van der Waals surface area contributed by atoms with Gasteiger partial charge in [0.25, 0.3) is 0 Å². The van der Waals surface area contributed by atoms with Gasteiger partial charge in [0, 0.05) is 42.9 Å². The molecule has 0 saturated carbocycles. The molecule has 2 heterocycles. The molecule has 2 aliphatic rings. The van der Waals surface area contributed by atoms with E-state index in [-0.39, 0.29) is 18.5 Å². The van der Waals surface area contributed by atoms with Crippen molar-refractivity contribution < 1.29 is 14.3 Å². The molecule has 0 spiro atoms. The lowest BCUT2D eigenvalue weighted by atomic mass is 10.0. The molecule has 2 aromatic rings. The van der Waals surface area contributed by atoms with Gasteiger partial charge in [0.15, 0.2) is 0 Å². The zero-order valence-electron chi connectivity index (χ0n) is 18.1. The van der Waals surface area contributed by atoms with E-state index in [0.29, 0.717) is 18.3 Å². The summed E-state index contributed by atoms with van der Waals surface area (Å²) < 4.78 is 5.19. The summed E-state index contributed by atoms with van der Waals surface area (Å²) in [5.41, 5.74) is 3.50. The summed E-state index contributed by atoms with van der Waals surface area (Å²) in [6.45, 7) is 4.91. The maximum absolute atomic E-state index is 13.0. The maximum atomic E-state index is 13.0. The number of benzene rings is 2. The number of urea groups is 1. The third kappa shape index (κ3) is 4.82. The highest BCUT2D eigenvalue weighted by atomic mass is 32.2. The van der Waals surface area contributed by atoms with Gasteiger partial charge in [-0.15, -0.1) is 0 Å². The Bertz CT molecular complexity index is 934. The number of anilines is 1. The number of hydrogen-bond donors (Lipinski definition) is 0. The molecule has 0 aromatic heterocycles. The average molecular weight is 440 g/mol. The van der Waals surface area contributed by atoms with E-state index in [4.69, 9.17) is 4.74 Å². The van der Waals surface area contributed by atoms with Crippen molar-refractivity contribution in [3.8, 4) is 5.75 Å². The van der Waals surface area contributed by atoms with Gasteiger partial charge in [0.1, 0.15) is 12.3 Å². The summed E-state index contributed by atoms with van der Waals surface area (Å²) >= 11 is 1.92. The highest BCUT2D eigenvalue weighted by Gasteiger charge is 2.32. The number of carbonyl (C=O) groups is 2. The molecular formula is C24H29N3O3S. The number of amides is 3. The Morgan fingerprint density at radius 3 is 2.58 bits per heavy atom. The minimum Gasteiger partial charge on any atom is -0.497 e. The van der Waals surface area contributed by atoms with Crippen molar-refractivity contribution in [2.45, 2.75) is 18.6 Å². The first-order chi connectivity index (χ1) is 15.1. The van der Waals surface area contributed by atoms with Crippen LogP contribution in [0.2, 0.25) is 0 Å². The van der Waals surface area contributed by atoms with Gasteiger partial charge in [-0.2, -0.15) is 11.8 Å². The van der Waals surface area contributed by atoms with E-state index in [1.807, 2.05) is 40.9 Å². The van der Waals surface area contributed by atoms with E-state index in [1.165, 1.54) is 11.1 Å². The largest absolute Gasteiger partial charge is 0.497 e. The van der Waals surface area contributed by atoms with Gasteiger partial charge in [0.05, 0.1) is 7.11 Å². The van der Waals surface area contributed by atoms with E-state index in [1.54, 1.807) is 16.9 Å². The van der Waals surface area contributed by atoms with Crippen molar-refractivity contribution in [1.29, 1.82) is 0 Å². The minimum absolute atomic E-state index is 0.0379. The monoisotopic (exact) mass is 439 g/mol. The van der Waals surface area contributed by atoms with Crippen LogP contribution in [0.3, 0.4) is 0 Å². The Kier molecular flexibility index (Phi) is 6.70. The first-order valence-electron chi connectivity index (χ1n) is 10.7. The summed E-state index contributed by atoms with van der Waals surface area (Å²) in [5, 5.41) is 0.415. The van der Waals surface area contributed by atoms with Crippen LogP contribution in [0.15, 0.2) is 48.5 Å². The first-order valence-corrected chi connectivity index (χ1v) is 11.8. The second kappa shape index (κ2) is 9.64. The van der Waals surface area contributed by atoms with Crippen LogP contribution in [0.25, 0.3) is 0 Å². The third-order valence-corrected chi connectivity index (χ3v) is 7.34. The molecule has 2 aromatic carbocycles. The number of methoxy groups -OCH3 is 1. The van der Waals surface area contributed by atoms with Crippen LogP contribution in [0.5, 0.6) is 5.75 Å². The number of carbonyl (C=O) groups excluding carboxylic acids is 2. The summed E-state index contributed by atoms with van der Waals surface area (Å²) in [4.78, 5) is 31.1. The van der Waals surface area contributed by atoms with Crippen LogP contribution < -0.4 is 9.64 Å². The summed E-state index contributed by atoms with van der Waals surface area (Å²) in [5.74, 6) is 1.71. The Morgan fingerprint density at radius 1 is 1.06 bits per heavy atom. The molecule has 2 aliphatic heterocycles. The van der Waals surface area contributed by atoms with Crippen molar-refractivity contribution in [3.63, 3.8) is 0 Å². The third-order valence-electron chi connectivity index (χ3n) is 6.03. The summed E-state index contributed by atoms with van der Waals surface area (Å²) in [6.07, 6.45) is 0.938. The van der Waals surface area contributed by atoms with E-state index in [9.17, 15) is 9.59 Å². The fourth-order valence-electron chi connectivity index (χ4n) is 4.21. The molecule has 6 nitrogen and oxygen atoms in total. The van der Waals surface area contributed by atoms with E-state index in [2.05, 4.69) is 31.2 Å². The molecule has 3 amide bonds. The maximum Gasteiger partial charge on any atom is 0.325 e. The minimum atomic E-state index is -0.111. The zero-order valence-corrected chi connectivity index (χ0v) is 18.9. The Labute approximate surface area is 188 Å². The van der Waals surface area contributed by atoms with E-state index >= 15 is 0 Å². The number of hydrogen-bond acceptors (Lipinski definition) is 4. The first kappa shape index (κ1) is 21.6. The fraction of sp³-hybridized carbons (Fsp3) is 0.417. The predicted molar refractivity (Wildman–Crippen MR) is 125 cm³/mol. The van der Waals surface area contributed by atoms with Gasteiger partial charge in [-0.1, -0.05) is 24.3 Å². The van der Waals surface area contributed by atoms with Gasteiger partial charge in [-0.05, 0) is 48.7 Å². The van der Waals surface area contributed by atoms with Crippen LogP contribution in [0, 0.1) is 6.92 Å². The average Bonchev–Trinajstić information content (AvgIpc) is 2.99. The molecule has 4 rings (SSSR count). The van der Waals surface area contributed by atoms with Crippen molar-refractivity contribution >= 4 is 29.4 Å². The van der Waals surface area contributed by atoms with Crippen LogP contribution in [0.1, 0.15) is 22.8 Å². The van der Waals surface area contributed by atoms with Crippen LogP contribution in [-0.4, -0.2) is 67.3 Å². The molecule has 0 bridgehead atoms. The molecule has 164 valence electrons. The summed E-state index contributed by atoms with van der Waals surface area (Å²) in [6, 6.07) is 15.8. The molecule has 1 atom stereocenters. The van der Waals surface area contributed by atoms with Gasteiger partial charge < -0.3 is 14.5 Å². The fourth-order valence-corrected chi connectivity index (χ4v) is 5.54. The lowest BCUT2D eigenvalue weighted by Crippen LogP contribution is -2.43. The number of rotatable bonds is 5. The van der Waals surface area contributed by atoms with Crippen molar-refractivity contribution in [1.82, 2.24) is 9.80 Å². The second-order valence-corrected chi connectivity index (χ2v) is 9.25. The number of aryl methyl sites for hydroxylation is 1. The highest BCUT2D eigenvalue weighted by molar-refractivity contribution is 7.99. The van der Waals surface area contributed by atoms with Gasteiger partial charge in [-0.3, -0.25) is 9.69 Å². The van der Waals surface area contributed by atoms with Crippen LogP contribution >= 0.6 is 11.8 Å². The van der Waals surface area contributed by atoms with Crippen LogP contribution in [-0.2, 0) is 4.79 Å². The van der Waals surface area contributed by atoms with E-state index in [0.717, 1.165) is 36.7 Å². The van der Waals surface area contributed by atoms with Crippen LogP contribution in [0.4, 0.5) is 10.5 Å². The topological polar surface area (TPSA) is 53.1 Å². The van der Waals surface area contributed by atoms with E-state index < -0.39 is 0 Å². The molecule has 31 heavy (non-hydrogen) atoms. The zero-order chi connectivity index (χ0) is 21.8. The quantitative estimate of drug-likeness (QED) is 0.708. The summed E-state index contributed by atoms with van der Waals surface area (Å²) in [7, 11) is 1.62. The molecule has 7 heteroatoms. The molecule has 2 saturated heterocycles. The second-order valence-electron chi connectivity index (χ2n) is 7.94. The van der Waals surface area contributed by atoms with Gasteiger partial charge >= 0.3 is 6.03 Å². The standard InChI is InChI=1S/C24H29N3O3S/c1-18-5-3-4-6-21(18)22-11-12-25(15-16-31-22)23(28)17-26-13-14-27(24(26)29)19-7-9-20(30-2)10-8-19/h3-10,22H,11-17H2,1-2H3/t22-/m0/s1.